The summed E-state index contributed by atoms with van der Waals surface area (Å²) in [6.07, 6.45) is 3.89. The maximum absolute atomic E-state index is 13.1. The van der Waals surface area contributed by atoms with E-state index in [4.69, 9.17) is 9.47 Å². The van der Waals surface area contributed by atoms with Crippen molar-refractivity contribution >= 4 is 11.9 Å². The Labute approximate surface area is 172 Å². The van der Waals surface area contributed by atoms with Gasteiger partial charge in [0.15, 0.2) is 5.76 Å². The minimum atomic E-state index is -0.165. The number of phenolic OH excluding ortho intramolecular Hbond substituents is 1. The molecule has 0 aliphatic carbocycles. The monoisotopic (exact) mass is 395 g/mol. The van der Waals surface area contributed by atoms with Crippen LogP contribution < -0.4 is 9.47 Å². The standard InChI is InChI=1S/C24H29NO4/c1-5-7-12-25(4)15-18-19(26)13-16(3)22-23(27)21(29-24(18)22)14-17-10-8-9-11-20(17)28-6-2/h8-11,13-14,26H,5-7,12,15H2,1-4H3/b21-14-. The molecule has 154 valence electrons. The number of aromatic hydroxyl groups is 1. The van der Waals surface area contributed by atoms with E-state index < -0.39 is 0 Å². The SMILES string of the molecule is CCCCN(C)Cc1c(O)cc(C)c2c1O/C(=C\c1ccccc1OCC)C2=O. The predicted molar refractivity (Wildman–Crippen MR) is 115 cm³/mol. The molecule has 0 amide bonds. The first-order valence-corrected chi connectivity index (χ1v) is 10.2. The molecule has 0 atom stereocenters. The molecule has 1 heterocycles. The van der Waals surface area contributed by atoms with Crippen LogP contribution in [0.25, 0.3) is 6.08 Å². The Bertz CT molecular complexity index is 933. The lowest BCUT2D eigenvalue weighted by Crippen LogP contribution is -2.19. The van der Waals surface area contributed by atoms with Crippen LogP contribution in [0.2, 0.25) is 0 Å². The summed E-state index contributed by atoms with van der Waals surface area (Å²) in [7, 11) is 2.01. The topological polar surface area (TPSA) is 59.0 Å². The van der Waals surface area contributed by atoms with Crippen molar-refractivity contribution in [2.45, 2.75) is 40.2 Å². The summed E-state index contributed by atoms with van der Waals surface area (Å²) in [6.45, 7) is 7.86. The molecule has 1 aliphatic rings. The molecule has 2 aromatic carbocycles. The number of fused-ring (bicyclic) bond motifs is 1. The van der Waals surface area contributed by atoms with Gasteiger partial charge in [0.2, 0.25) is 5.78 Å². The first-order valence-electron chi connectivity index (χ1n) is 10.2. The van der Waals surface area contributed by atoms with Crippen molar-refractivity contribution in [3.05, 3.63) is 58.3 Å². The van der Waals surface area contributed by atoms with Gasteiger partial charge in [-0.05, 0) is 57.6 Å². The van der Waals surface area contributed by atoms with E-state index in [9.17, 15) is 9.90 Å². The molecule has 0 aromatic heterocycles. The van der Waals surface area contributed by atoms with Gasteiger partial charge in [-0.25, -0.2) is 0 Å². The molecule has 0 saturated carbocycles. The first kappa shape index (κ1) is 20.9. The Kier molecular flexibility index (Phi) is 6.60. The number of ketones is 1. The molecule has 0 fully saturated rings. The van der Waals surface area contributed by atoms with Gasteiger partial charge in [-0.15, -0.1) is 0 Å². The third-order valence-corrected chi connectivity index (χ3v) is 5.05. The number of rotatable bonds is 8. The van der Waals surface area contributed by atoms with E-state index in [0.29, 0.717) is 41.3 Å². The van der Waals surface area contributed by atoms with Crippen LogP contribution in [-0.2, 0) is 6.54 Å². The Hall–Kier alpha value is -2.79. The van der Waals surface area contributed by atoms with Crippen LogP contribution in [0.15, 0.2) is 36.1 Å². The molecule has 2 aromatic rings. The maximum Gasteiger partial charge on any atom is 0.232 e. The first-order chi connectivity index (χ1) is 14.0. The number of carbonyl (C=O) groups excluding carboxylic acids is 1. The smallest absolute Gasteiger partial charge is 0.232 e. The van der Waals surface area contributed by atoms with Crippen LogP contribution in [0.4, 0.5) is 0 Å². The molecule has 0 radical (unpaired) electrons. The number of aryl methyl sites for hydroxylation is 1. The highest BCUT2D eigenvalue weighted by Crippen LogP contribution is 2.42. The van der Waals surface area contributed by atoms with E-state index in [1.165, 1.54) is 0 Å². The summed E-state index contributed by atoms with van der Waals surface area (Å²) >= 11 is 0. The van der Waals surface area contributed by atoms with Gasteiger partial charge in [-0.3, -0.25) is 4.79 Å². The van der Waals surface area contributed by atoms with Gasteiger partial charge in [0.1, 0.15) is 17.2 Å². The highest BCUT2D eigenvalue weighted by molar-refractivity contribution is 6.16. The zero-order chi connectivity index (χ0) is 21.0. The second-order valence-corrected chi connectivity index (χ2v) is 7.40. The Morgan fingerprint density at radius 2 is 2.00 bits per heavy atom. The lowest BCUT2D eigenvalue weighted by Gasteiger charge is -2.19. The Morgan fingerprint density at radius 3 is 2.72 bits per heavy atom. The third-order valence-electron chi connectivity index (χ3n) is 5.05. The van der Waals surface area contributed by atoms with Gasteiger partial charge in [-0.1, -0.05) is 31.5 Å². The molecule has 1 N–H and O–H groups in total. The minimum absolute atomic E-state index is 0.161. The second kappa shape index (κ2) is 9.14. The average molecular weight is 395 g/mol. The molecular weight excluding hydrogens is 366 g/mol. The summed E-state index contributed by atoms with van der Waals surface area (Å²) in [5.41, 5.74) is 2.68. The number of nitrogens with zero attached hydrogens (tertiary/aromatic N) is 1. The summed E-state index contributed by atoms with van der Waals surface area (Å²) in [4.78, 5) is 15.2. The van der Waals surface area contributed by atoms with Crippen molar-refractivity contribution in [1.29, 1.82) is 0 Å². The Balaban J connectivity index is 1.97. The van der Waals surface area contributed by atoms with E-state index in [-0.39, 0.29) is 17.3 Å². The normalized spacial score (nSPS) is 14.4. The highest BCUT2D eigenvalue weighted by atomic mass is 16.5. The van der Waals surface area contributed by atoms with Crippen LogP contribution >= 0.6 is 0 Å². The zero-order valence-corrected chi connectivity index (χ0v) is 17.6. The summed E-state index contributed by atoms with van der Waals surface area (Å²) in [5, 5.41) is 10.5. The molecule has 29 heavy (non-hydrogen) atoms. The number of hydrogen-bond acceptors (Lipinski definition) is 5. The van der Waals surface area contributed by atoms with E-state index in [0.717, 1.165) is 24.9 Å². The number of benzene rings is 2. The molecule has 0 bridgehead atoms. The average Bonchev–Trinajstić information content (AvgIpc) is 3.02. The van der Waals surface area contributed by atoms with Crippen LogP contribution in [0, 0.1) is 6.92 Å². The van der Waals surface area contributed by atoms with Crippen LogP contribution in [-0.4, -0.2) is 36.0 Å². The summed E-state index contributed by atoms with van der Waals surface area (Å²) in [6, 6.07) is 9.20. The van der Waals surface area contributed by atoms with Crippen LogP contribution in [0.3, 0.4) is 0 Å². The van der Waals surface area contributed by atoms with Crippen molar-refractivity contribution < 1.29 is 19.4 Å². The molecule has 3 rings (SSSR count). The number of hydrogen-bond donors (Lipinski definition) is 1. The van der Waals surface area contributed by atoms with Gasteiger partial charge >= 0.3 is 0 Å². The summed E-state index contributed by atoms with van der Waals surface area (Å²) < 4.78 is 11.7. The minimum Gasteiger partial charge on any atom is -0.507 e. The van der Waals surface area contributed by atoms with Crippen LogP contribution in [0.1, 0.15) is 53.7 Å². The molecular formula is C24H29NO4. The van der Waals surface area contributed by atoms with E-state index in [2.05, 4.69) is 11.8 Å². The zero-order valence-electron chi connectivity index (χ0n) is 17.6. The number of para-hydroxylation sites is 1. The molecule has 5 heteroatoms. The van der Waals surface area contributed by atoms with Gasteiger partial charge in [0.25, 0.3) is 0 Å². The quantitative estimate of drug-likeness (QED) is 0.641. The molecule has 5 nitrogen and oxygen atoms in total. The van der Waals surface area contributed by atoms with Crippen molar-refractivity contribution in [2.75, 3.05) is 20.2 Å². The number of phenols is 1. The molecule has 0 spiro atoms. The maximum atomic E-state index is 13.1. The number of Topliss-reactive ketones (excluding diaryl/α,β-unsaturated/α-hetero) is 1. The number of allylic oxidation sites excluding steroid dienone is 1. The van der Waals surface area contributed by atoms with Gasteiger partial charge < -0.3 is 19.5 Å². The number of unbranched alkanes of at least 4 members (excludes halogenated alkanes) is 1. The predicted octanol–water partition coefficient (Wildman–Crippen LogP) is 4.95. The molecule has 0 saturated heterocycles. The lowest BCUT2D eigenvalue weighted by atomic mass is 9.99. The second-order valence-electron chi connectivity index (χ2n) is 7.40. The van der Waals surface area contributed by atoms with Crippen molar-refractivity contribution in [3.63, 3.8) is 0 Å². The lowest BCUT2D eigenvalue weighted by molar-refractivity contribution is 0.101. The summed E-state index contributed by atoms with van der Waals surface area (Å²) in [5.74, 6) is 1.41. The van der Waals surface area contributed by atoms with Gasteiger partial charge in [0, 0.05) is 12.1 Å². The fourth-order valence-corrected chi connectivity index (χ4v) is 3.54. The number of ether oxygens (including phenoxy) is 2. The molecule has 1 aliphatic heterocycles. The highest BCUT2D eigenvalue weighted by Gasteiger charge is 2.33. The van der Waals surface area contributed by atoms with Gasteiger partial charge in [-0.2, -0.15) is 0 Å². The van der Waals surface area contributed by atoms with E-state index in [1.54, 1.807) is 12.1 Å². The fourth-order valence-electron chi connectivity index (χ4n) is 3.54. The van der Waals surface area contributed by atoms with Crippen molar-refractivity contribution in [1.82, 2.24) is 4.90 Å². The molecule has 0 unspecified atom stereocenters. The number of carbonyl (C=O) groups is 1. The van der Waals surface area contributed by atoms with Gasteiger partial charge in [0.05, 0.1) is 17.7 Å². The van der Waals surface area contributed by atoms with Crippen molar-refractivity contribution in [2.24, 2.45) is 0 Å². The van der Waals surface area contributed by atoms with Crippen molar-refractivity contribution in [3.8, 4) is 17.2 Å². The fraction of sp³-hybridized carbons (Fsp3) is 0.375. The third kappa shape index (κ3) is 4.46. The Morgan fingerprint density at radius 1 is 1.24 bits per heavy atom. The van der Waals surface area contributed by atoms with Crippen LogP contribution in [0.5, 0.6) is 17.2 Å². The largest absolute Gasteiger partial charge is 0.507 e. The van der Waals surface area contributed by atoms with E-state index >= 15 is 0 Å². The van der Waals surface area contributed by atoms with E-state index in [1.807, 2.05) is 45.2 Å².